The molecule has 0 spiro atoms. The van der Waals surface area contributed by atoms with Crippen molar-refractivity contribution in [1.82, 2.24) is 0 Å². The Labute approximate surface area is 127 Å². The van der Waals surface area contributed by atoms with Crippen LogP contribution in [-0.2, 0) is 20.0 Å². The molecule has 0 aromatic carbocycles. The van der Waals surface area contributed by atoms with Gasteiger partial charge in [0, 0.05) is 19.3 Å². The average Bonchev–Trinajstić information content (AvgIpc) is 2.36. The van der Waals surface area contributed by atoms with Crippen LogP contribution in [0.5, 0.6) is 0 Å². The zero-order valence-corrected chi connectivity index (χ0v) is 13.6. The second-order valence-electron chi connectivity index (χ2n) is 4.92. The molecule has 0 aliphatic rings. The quantitative estimate of drug-likeness (QED) is 0.323. The van der Waals surface area contributed by atoms with E-state index in [9.17, 15) is 9.59 Å². The predicted octanol–water partition coefficient (Wildman–Crippen LogP) is 3.41. The first-order valence-corrected chi connectivity index (χ1v) is 8.86. The molecule has 0 aromatic heterocycles. The molecule has 0 rings (SSSR count). The Morgan fingerprint density at radius 2 is 1.33 bits per heavy atom. The third-order valence-electron chi connectivity index (χ3n) is 2.84. The minimum atomic E-state index is -4.67. The molecule has 0 aliphatic carbocycles. The maximum atomic E-state index is 11.4. The molecule has 0 aromatic rings. The molecule has 21 heavy (non-hydrogen) atoms. The van der Waals surface area contributed by atoms with Gasteiger partial charge in [-0.25, -0.2) is 0 Å². The molecule has 0 radical (unpaired) electrons. The van der Waals surface area contributed by atoms with Crippen molar-refractivity contribution in [2.75, 3.05) is 0 Å². The van der Waals surface area contributed by atoms with Gasteiger partial charge in [0.2, 0.25) is 0 Å². The summed E-state index contributed by atoms with van der Waals surface area (Å²) in [4.78, 5) is 21.5. The van der Waals surface area contributed by atoms with E-state index in [1.54, 1.807) is 0 Å². The summed E-state index contributed by atoms with van der Waals surface area (Å²) in [6.07, 6.45) is 12.1. The second kappa shape index (κ2) is 15.6. The van der Waals surface area contributed by atoms with Crippen molar-refractivity contribution in [2.45, 2.75) is 77.6 Å². The van der Waals surface area contributed by atoms with Gasteiger partial charge < -0.3 is 4.79 Å². The highest BCUT2D eigenvalue weighted by Gasteiger charge is 2.00. The number of unbranched alkanes of at least 4 members (excludes halogenated alkanes) is 7. The van der Waals surface area contributed by atoms with E-state index in [1.165, 1.54) is 12.8 Å². The molecular formula is C14H28O6S. The third kappa shape index (κ3) is 32.6. The summed E-state index contributed by atoms with van der Waals surface area (Å²) >= 11 is 0. The topological polar surface area (TPSA) is 109 Å². The van der Waals surface area contributed by atoms with Crippen molar-refractivity contribution < 1.29 is 27.1 Å². The smallest absolute Gasteiger partial charge is 0.303 e. The highest BCUT2D eigenvalue weighted by Crippen LogP contribution is 2.09. The molecule has 126 valence electrons. The monoisotopic (exact) mass is 324 g/mol. The van der Waals surface area contributed by atoms with Crippen LogP contribution in [0.1, 0.15) is 77.6 Å². The summed E-state index contributed by atoms with van der Waals surface area (Å²) in [6, 6.07) is 0. The average molecular weight is 324 g/mol. The van der Waals surface area contributed by atoms with Crippen molar-refractivity contribution >= 4 is 22.5 Å². The fourth-order valence-electron chi connectivity index (χ4n) is 1.78. The van der Waals surface area contributed by atoms with Gasteiger partial charge in [-0.15, -0.1) is 0 Å². The van der Waals surface area contributed by atoms with Gasteiger partial charge in [0.15, 0.2) is 0 Å². The van der Waals surface area contributed by atoms with Crippen molar-refractivity contribution in [3.63, 3.8) is 0 Å². The van der Waals surface area contributed by atoms with E-state index < -0.39 is 10.4 Å². The fourth-order valence-corrected chi connectivity index (χ4v) is 1.78. The second-order valence-corrected chi connectivity index (χ2v) is 5.81. The van der Waals surface area contributed by atoms with Gasteiger partial charge in [0.25, 0.3) is 0 Å². The van der Waals surface area contributed by atoms with Gasteiger partial charge in [0.1, 0.15) is 12.1 Å². The van der Waals surface area contributed by atoms with Crippen LogP contribution < -0.4 is 0 Å². The normalized spacial score (nSPS) is 10.6. The fraction of sp³-hybridized carbons (Fsp3) is 0.857. The molecule has 0 heterocycles. The Hall–Kier alpha value is -0.790. The summed E-state index contributed by atoms with van der Waals surface area (Å²) in [5, 5.41) is 0. The molecule has 0 fully saturated rings. The molecule has 7 heteroatoms. The highest BCUT2D eigenvalue weighted by atomic mass is 32.3. The molecule has 2 N–H and O–H groups in total. The molecule has 0 saturated carbocycles. The predicted molar refractivity (Wildman–Crippen MR) is 81.7 cm³/mol. The van der Waals surface area contributed by atoms with Gasteiger partial charge in [-0.2, -0.15) is 8.42 Å². The Bertz CT molecular complexity index is 342. The lowest BCUT2D eigenvalue weighted by atomic mass is 10.0. The summed E-state index contributed by atoms with van der Waals surface area (Å²) < 4.78 is 31.6. The van der Waals surface area contributed by atoms with Crippen molar-refractivity contribution in [3.8, 4) is 0 Å². The molecule has 0 atom stereocenters. The van der Waals surface area contributed by atoms with E-state index in [4.69, 9.17) is 17.5 Å². The summed E-state index contributed by atoms with van der Waals surface area (Å²) in [7, 11) is -4.67. The number of hydrogen-bond donors (Lipinski definition) is 2. The number of rotatable bonds is 12. The first kappa shape index (κ1) is 22.5. The van der Waals surface area contributed by atoms with Crippen LogP contribution >= 0.6 is 0 Å². The van der Waals surface area contributed by atoms with Crippen LogP contribution in [0, 0.1) is 0 Å². The van der Waals surface area contributed by atoms with Gasteiger partial charge in [0.05, 0.1) is 0 Å². The van der Waals surface area contributed by atoms with E-state index in [1.807, 2.05) is 0 Å². The Kier molecular flexibility index (Phi) is 16.7. The summed E-state index contributed by atoms with van der Waals surface area (Å²) in [5.41, 5.74) is 0. The Balaban J connectivity index is 0. The first-order valence-electron chi connectivity index (χ1n) is 7.46. The molecule has 6 nitrogen and oxygen atoms in total. The maximum absolute atomic E-state index is 11.4. The first-order chi connectivity index (χ1) is 9.81. The van der Waals surface area contributed by atoms with Crippen LogP contribution in [-0.4, -0.2) is 29.6 Å². The van der Waals surface area contributed by atoms with Gasteiger partial charge in [-0.05, 0) is 19.3 Å². The largest absolute Gasteiger partial charge is 0.394 e. The number of Topliss-reactive ketones (excluding diaryl/α,β-unsaturated/α-hetero) is 1. The number of hydrogen-bond acceptors (Lipinski definition) is 4. The molecular weight excluding hydrogens is 296 g/mol. The third-order valence-corrected chi connectivity index (χ3v) is 2.84. The van der Waals surface area contributed by atoms with Gasteiger partial charge in [-0.1, -0.05) is 39.0 Å². The maximum Gasteiger partial charge on any atom is 0.394 e. The number of aldehydes is 1. The van der Waals surface area contributed by atoms with Crippen LogP contribution in [0.3, 0.4) is 0 Å². The Morgan fingerprint density at radius 1 is 0.905 bits per heavy atom. The van der Waals surface area contributed by atoms with Crippen molar-refractivity contribution in [1.29, 1.82) is 0 Å². The molecule has 0 saturated heterocycles. The van der Waals surface area contributed by atoms with Crippen LogP contribution in [0.15, 0.2) is 0 Å². The van der Waals surface area contributed by atoms with Gasteiger partial charge in [-0.3, -0.25) is 13.9 Å². The van der Waals surface area contributed by atoms with Crippen LogP contribution in [0.25, 0.3) is 0 Å². The SMILES string of the molecule is CCCCCC(=O)CCCCCCCC=O.O=S(=O)(O)O. The Morgan fingerprint density at radius 3 is 1.81 bits per heavy atom. The molecule has 0 aliphatic heterocycles. The highest BCUT2D eigenvalue weighted by molar-refractivity contribution is 7.79. The van der Waals surface area contributed by atoms with E-state index in [2.05, 4.69) is 6.92 Å². The van der Waals surface area contributed by atoms with Crippen LogP contribution in [0.4, 0.5) is 0 Å². The minimum absolute atomic E-state index is 0.432. The van der Waals surface area contributed by atoms with E-state index >= 15 is 0 Å². The van der Waals surface area contributed by atoms with Crippen LogP contribution in [0.2, 0.25) is 0 Å². The lowest BCUT2D eigenvalue weighted by Gasteiger charge is -2.01. The zero-order valence-electron chi connectivity index (χ0n) is 12.8. The minimum Gasteiger partial charge on any atom is -0.303 e. The number of carbonyl (C=O) groups is 2. The van der Waals surface area contributed by atoms with Crippen molar-refractivity contribution in [3.05, 3.63) is 0 Å². The lowest BCUT2D eigenvalue weighted by molar-refractivity contribution is -0.119. The molecule has 0 unspecified atom stereocenters. The summed E-state index contributed by atoms with van der Waals surface area (Å²) in [6.45, 7) is 2.16. The lowest BCUT2D eigenvalue weighted by Crippen LogP contribution is -1.97. The number of ketones is 1. The zero-order chi connectivity index (χ0) is 16.6. The van der Waals surface area contributed by atoms with Gasteiger partial charge >= 0.3 is 10.4 Å². The standard InChI is InChI=1S/C14H26O2.H2O4S/c1-2-3-8-11-14(16)12-9-6-4-5-7-10-13-15;1-5(2,3)4/h13H,2-12H2,1H3;(H2,1,2,3,4). The van der Waals surface area contributed by atoms with Crippen molar-refractivity contribution in [2.24, 2.45) is 0 Å². The van der Waals surface area contributed by atoms with E-state index in [0.29, 0.717) is 12.2 Å². The summed E-state index contributed by atoms with van der Waals surface area (Å²) in [5.74, 6) is 0.432. The molecule has 0 amide bonds. The van der Waals surface area contributed by atoms with E-state index in [-0.39, 0.29) is 0 Å². The van der Waals surface area contributed by atoms with E-state index in [0.717, 1.165) is 57.7 Å². The molecule has 0 bridgehead atoms. The number of carbonyl (C=O) groups excluding carboxylic acids is 2.